The molecule has 0 fully saturated rings. The Bertz CT molecular complexity index is 619. The average molecular weight is 339 g/mol. The highest BCUT2D eigenvalue weighted by atomic mass is 79.9. The number of rotatable bonds is 4. The molecule has 2 rings (SSSR count). The van der Waals surface area contributed by atoms with E-state index >= 15 is 0 Å². The standard InChI is InChI=1S/C15H16BrFN2O/c1-4-20-14-7-5-11(9-13(14)17)19(3)15-8-6-12(16)10(2)18-15/h5-9H,4H2,1-3H3. The van der Waals surface area contributed by atoms with E-state index in [0.717, 1.165) is 21.7 Å². The van der Waals surface area contributed by atoms with E-state index in [1.165, 1.54) is 6.07 Å². The van der Waals surface area contributed by atoms with Crippen LogP contribution in [-0.4, -0.2) is 18.6 Å². The Hall–Kier alpha value is -1.62. The van der Waals surface area contributed by atoms with Crippen LogP contribution < -0.4 is 9.64 Å². The van der Waals surface area contributed by atoms with Crippen molar-refractivity contribution >= 4 is 27.4 Å². The summed E-state index contributed by atoms with van der Waals surface area (Å²) in [6.45, 7) is 4.19. The van der Waals surface area contributed by atoms with Gasteiger partial charge in [-0.2, -0.15) is 0 Å². The molecule has 106 valence electrons. The van der Waals surface area contributed by atoms with Gasteiger partial charge in [0.1, 0.15) is 5.82 Å². The minimum Gasteiger partial charge on any atom is -0.491 e. The van der Waals surface area contributed by atoms with E-state index < -0.39 is 0 Å². The number of hydrogen-bond donors (Lipinski definition) is 0. The van der Waals surface area contributed by atoms with Crippen LogP contribution in [0.25, 0.3) is 0 Å². The predicted molar refractivity (Wildman–Crippen MR) is 82.3 cm³/mol. The molecule has 0 aliphatic heterocycles. The van der Waals surface area contributed by atoms with Crippen LogP contribution in [0.3, 0.4) is 0 Å². The summed E-state index contributed by atoms with van der Waals surface area (Å²) in [7, 11) is 1.85. The van der Waals surface area contributed by atoms with Gasteiger partial charge in [0.15, 0.2) is 11.6 Å². The van der Waals surface area contributed by atoms with Gasteiger partial charge in [-0.25, -0.2) is 9.37 Å². The van der Waals surface area contributed by atoms with Crippen LogP contribution in [0.1, 0.15) is 12.6 Å². The van der Waals surface area contributed by atoms with E-state index in [1.54, 1.807) is 6.07 Å². The maximum Gasteiger partial charge on any atom is 0.167 e. The van der Waals surface area contributed by atoms with Gasteiger partial charge in [0.25, 0.3) is 0 Å². The largest absolute Gasteiger partial charge is 0.491 e. The molecule has 0 spiro atoms. The van der Waals surface area contributed by atoms with Crippen molar-refractivity contribution < 1.29 is 9.13 Å². The lowest BCUT2D eigenvalue weighted by Gasteiger charge is -2.19. The third-order valence-corrected chi connectivity index (χ3v) is 3.79. The van der Waals surface area contributed by atoms with Gasteiger partial charge in [0, 0.05) is 23.3 Å². The van der Waals surface area contributed by atoms with E-state index in [-0.39, 0.29) is 11.6 Å². The van der Waals surface area contributed by atoms with Gasteiger partial charge < -0.3 is 9.64 Å². The molecule has 0 bridgehead atoms. The smallest absolute Gasteiger partial charge is 0.167 e. The number of nitrogens with zero attached hydrogens (tertiary/aromatic N) is 2. The fourth-order valence-corrected chi connectivity index (χ4v) is 2.04. The second kappa shape index (κ2) is 6.22. The molecule has 0 unspecified atom stereocenters. The Morgan fingerprint density at radius 1 is 1.30 bits per heavy atom. The topological polar surface area (TPSA) is 25.4 Å². The first-order valence-corrected chi connectivity index (χ1v) is 7.11. The van der Waals surface area contributed by atoms with Crippen molar-refractivity contribution in [3.05, 3.63) is 46.3 Å². The fourth-order valence-electron chi connectivity index (χ4n) is 1.82. The summed E-state index contributed by atoms with van der Waals surface area (Å²) in [5.41, 5.74) is 1.61. The number of halogens is 2. The zero-order chi connectivity index (χ0) is 14.7. The monoisotopic (exact) mass is 338 g/mol. The number of anilines is 2. The molecule has 5 heteroatoms. The summed E-state index contributed by atoms with van der Waals surface area (Å²) in [6, 6.07) is 8.71. The first-order chi connectivity index (χ1) is 9.52. The third-order valence-electron chi connectivity index (χ3n) is 2.95. The molecule has 0 atom stereocenters. The maximum absolute atomic E-state index is 13.9. The zero-order valence-electron chi connectivity index (χ0n) is 11.7. The Labute approximate surface area is 126 Å². The molecule has 1 aromatic carbocycles. The van der Waals surface area contributed by atoms with Gasteiger partial charge in [-0.3, -0.25) is 0 Å². The van der Waals surface area contributed by atoms with E-state index in [1.807, 2.05) is 44.0 Å². The van der Waals surface area contributed by atoms with Crippen LogP contribution in [0, 0.1) is 12.7 Å². The van der Waals surface area contributed by atoms with Crippen molar-refractivity contribution in [2.75, 3.05) is 18.6 Å². The molecular weight excluding hydrogens is 323 g/mol. The second-order valence-corrected chi connectivity index (χ2v) is 5.20. The van der Waals surface area contributed by atoms with Gasteiger partial charge in [0.05, 0.1) is 12.3 Å². The van der Waals surface area contributed by atoms with Gasteiger partial charge in [-0.05, 0) is 54.0 Å². The SMILES string of the molecule is CCOc1ccc(N(C)c2ccc(Br)c(C)n2)cc1F. The summed E-state index contributed by atoms with van der Waals surface area (Å²) in [4.78, 5) is 6.29. The summed E-state index contributed by atoms with van der Waals surface area (Å²) in [5.74, 6) is 0.656. The zero-order valence-corrected chi connectivity index (χ0v) is 13.2. The van der Waals surface area contributed by atoms with Crippen LogP contribution in [0.4, 0.5) is 15.9 Å². The maximum atomic E-state index is 13.9. The molecule has 0 aliphatic rings. The molecular formula is C15H16BrFN2O. The highest BCUT2D eigenvalue weighted by molar-refractivity contribution is 9.10. The molecule has 0 N–H and O–H groups in total. The number of hydrogen-bond acceptors (Lipinski definition) is 3. The predicted octanol–water partition coefficient (Wildman–Crippen LogP) is 4.46. The molecule has 1 aromatic heterocycles. The molecule has 0 saturated carbocycles. The molecule has 20 heavy (non-hydrogen) atoms. The first-order valence-electron chi connectivity index (χ1n) is 6.32. The first kappa shape index (κ1) is 14.8. The molecule has 2 aromatic rings. The number of pyridine rings is 1. The van der Waals surface area contributed by atoms with E-state index in [4.69, 9.17) is 4.74 Å². The van der Waals surface area contributed by atoms with Crippen molar-refractivity contribution in [1.29, 1.82) is 0 Å². The average Bonchev–Trinajstić information content (AvgIpc) is 2.43. The number of benzene rings is 1. The summed E-state index contributed by atoms with van der Waals surface area (Å²) in [5, 5.41) is 0. The Balaban J connectivity index is 2.30. The van der Waals surface area contributed by atoms with Crippen molar-refractivity contribution in [3.8, 4) is 5.75 Å². The summed E-state index contributed by atoms with van der Waals surface area (Å²) >= 11 is 3.42. The van der Waals surface area contributed by atoms with E-state index in [2.05, 4.69) is 20.9 Å². The van der Waals surface area contributed by atoms with Gasteiger partial charge in [0.2, 0.25) is 0 Å². The Morgan fingerprint density at radius 3 is 2.65 bits per heavy atom. The Morgan fingerprint density at radius 2 is 2.05 bits per heavy atom. The second-order valence-electron chi connectivity index (χ2n) is 4.34. The number of aryl methyl sites for hydroxylation is 1. The van der Waals surface area contributed by atoms with Crippen LogP contribution in [-0.2, 0) is 0 Å². The van der Waals surface area contributed by atoms with Crippen LogP contribution in [0.15, 0.2) is 34.8 Å². The van der Waals surface area contributed by atoms with Crippen molar-refractivity contribution in [1.82, 2.24) is 4.98 Å². The number of ether oxygens (including phenoxy) is 1. The molecule has 0 aliphatic carbocycles. The molecule has 1 heterocycles. The molecule has 0 amide bonds. The fraction of sp³-hybridized carbons (Fsp3) is 0.267. The lowest BCUT2D eigenvalue weighted by molar-refractivity contribution is 0.321. The van der Waals surface area contributed by atoms with Crippen molar-refractivity contribution in [2.24, 2.45) is 0 Å². The third kappa shape index (κ3) is 3.10. The van der Waals surface area contributed by atoms with Crippen LogP contribution in [0.5, 0.6) is 5.75 Å². The van der Waals surface area contributed by atoms with Crippen molar-refractivity contribution in [2.45, 2.75) is 13.8 Å². The lowest BCUT2D eigenvalue weighted by Crippen LogP contribution is -2.12. The Kier molecular flexibility index (Phi) is 4.60. The van der Waals surface area contributed by atoms with E-state index in [0.29, 0.717) is 6.61 Å². The highest BCUT2D eigenvalue weighted by Gasteiger charge is 2.10. The van der Waals surface area contributed by atoms with Crippen molar-refractivity contribution in [3.63, 3.8) is 0 Å². The van der Waals surface area contributed by atoms with Gasteiger partial charge in [-0.1, -0.05) is 0 Å². The molecule has 0 radical (unpaired) electrons. The minimum atomic E-state index is -0.370. The number of aromatic nitrogens is 1. The van der Waals surface area contributed by atoms with Crippen LogP contribution >= 0.6 is 15.9 Å². The van der Waals surface area contributed by atoms with Crippen LogP contribution in [0.2, 0.25) is 0 Å². The normalized spacial score (nSPS) is 10.4. The molecule has 0 saturated heterocycles. The minimum absolute atomic E-state index is 0.268. The quantitative estimate of drug-likeness (QED) is 0.822. The van der Waals surface area contributed by atoms with Gasteiger partial charge >= 0.3 is 0 Å². The van der Waals surface area contributed by atoms with Gasteiger partial charge in [-0.15, -0.1) is 0 Å². The van der Waals surface area contributed by atoms with E-state index in [9.17, 15) is 4.39 Å². The highest BCUT2D eigenvalue weighted by Crippen LogP contribution is 2.28. The summed E-state index contributed by atoms with van der Waals surface area (Å²) < 4.78 is 20.0. The lowest BCUT2D eigenvalue weighted by atomic mass is 10.2. The molecule has 3 nitrogen and oxygen atoms in total. The summed E-state index contributed by atoms with van der Waals surface area (Å²) in [6.07, 6.45) is 0.